The highest BCUT2D eigenvalue weighted by atomic mass is 16.5. The smallest absolute Gasteiger partial charge is 0.250 e. The summed E-state index contributed by atoms with van der Waals surface area (Å²) < 4.78 is 5.25. The Hall–Kier alpha value is -2.47. The number of carbonyl (C=O) groups is 1. The molecular formula is C18H20N4O2. The first kappa shape index (κ1) is 15.1. The molecule has 24 heavy (non-hydrogen) atoms. The van der Waals surface area contributed by atoms with E-state index in [9.17, 15) is 4.79 Å². The predicted octanol–water partition coefficient (Wildman–Crippen LogP) is 2.70. The Balaban J connectivity index is 1.45. The molecule has 1 saturated carbocycles. The first-order valence-corrected chi connectivity index (χ1v) is 8.36. The molecule has 1 amide bonds. The van der Waals surface area contributed by atoms with Crippen molar-refractivity contribution >= 4 is 23.7 Å². The lowest BCUT2D eigenvalue weighted by molar-refractivity contribution is -0.117. The van der Waals surface area contributed by atoms with Gasteiger partial charge in [0.15, 0.2) is 5.82 Å². The Bertz CT molecular complexity index is 775. The highest BCUT2D eigenvalue weighted by Gasteiger charge is 2.38. The minimum Gasteiger partial charge on any atom is -0.335 e. The zero-order valence-electron chi connectivity index (χ0n) is 13.4. The van der Waals surface area contributed by atoms with Crippen LogP contribution in [0.4, 0.5) is 5.69 Å². The molecule has 6 nitrogen and oxygen atoms in total. The second kappa shape index (κ2) is 5.87. The number of rotatable bonds is 4. The van der Waals surface area contributed by atoms with Crippen molar-refractivity contribution in [2.24, 2.45) is 5.73 Å². The predicted molar refractivity (Wildman–Crippen MR) is 91.0 cm³/mol. The summed E-state index contributed by atoms with van der Waals surface area (Å²) in [6.45, 7) is 0.805. The maximum Gasteiger partial charge on any atom is 0.250 e. The molecular weight excluding hydrogens is 304 g/mol. The number of hydrogen-bond donors (Lipinski definition) is 1. The van der Waals surface area contributed by atoms with E-state index in [0.29, 0.717) is 18.1 Å². The van der Waals surface area contributed by atoms with Gasteiger partial charge in [-0.2, -0.15) is 4.98 Å². The van der Waals surface area contributed by atoms with Crippen LogP contribution in [0, 0.1) is 0 Å². The molecule has 2 N–H and O–H groups in total. The Labute approximate surface area is 140 Å². The average Bonchev–Trinajstić information content (AvgIpc) is 3.20. The van der Waals surface area contributed by atoms with E-state index in [0.717, 1.165) is 43.5 Å². The van der Waals surface area contributed by atoms with Crippen LogP contribution in [0.25, 0.3) is 12.2 Å². The number of benzene rings is 1. The molecule has 1 aliphatic carbocycles. The van der Waals surface area contributed by atoms with Gasteiger partial charge in [0.1, 0.15) is 0 Å². The van der Waals surface area contributed by atoms with Crippen LogP contribution in [0.1, 0.15) is 49.4 Å². The Morgan fingerprint density at radius 2 is 1.96 bits per heavy atom. The average molecular weight is 324 g/mol. The zero-order valence-corrected chi connectivity index (χ0v) is 13.4. The largest absolute Gasteiger partial charge is 0.335 e. The van der Waals surface area contributed by atoms with E-state index in [1.165, 1.54) is 0 Å². The first-order chi connectivity index (χ1) is 11.6. The van der Waals surface area contributed by atoms with Gasteiger partial charge in [0.2, 0.25) is 5.91 Å². The van der Waals surface area contributed by atoms with Gasteiger partial charge in [0.25, 0.3) is 5.89 Å². The summed E-state index contributed by atoms with van der Waals surface area (Å²) in [6, 6.07) is 7.88. The van der Waals surface area contributed by atoms with E-state index in [1.54, 1.807) is 6.08 Å². The molecule has 1 aromatic heterocycles. The highest BCUT2D eigenvalue weighted by Crippen LogP contribution is 2.36. The molecule has 0 unspecified atom stereocenters. The Morgan fingerprint density at radius 1 is 1.17 bits per heavy atom. The molecule has 1 saturated heterocycles. The van der Waals surface area contributed by atoms with Gasteiger partial charge in [-0.1, -0.05) is 17.3 Å². The highest BCUT2D eigenvalue weighted by molar-refractivity contribution is 5.95. The van der Waals surface area contributed by atoms with Gasteiger partial charge >= 0.3 is 0 Å². The number of amides is 1. The molecule has 4 rings (SSSR count). The van der Waals surface area contributed by atoms with Crippen molar-refractivity contribution in [2.75, 3.05) is 11.4 Å². The molecule has 0 bridgehead atoms. The maximum absolute atomic E-state index is 11.8. The van der Waals surface area contributed by atoms with E-state index in [1.807, 2.05) is 35.2 Å². The lowest BCUT2D eigenvalue weighted by Gasteiger charge is -2.34. The summed E-state index contributed by atoms with van der Waals surface area (Å²) in [4.78, 5) is 18.0. The van der Waals surface area contributed by atoms with E-state index >= 15 is 0 Å². The van der Waals surface area contributed by atoms with Crippen LogP contribution in [0.2, 0.25) is 0 Å². The topological polar surface area (TPSA) is 85.2 Å². The van der Waals surface area contributed by atoms with Crippen LogP contribution >= 0.6 is 0 Å². The van der Waals surface area contributed by atoms with E-state index in [2.05, 4.69) is 10.1 Å². The third-order valence-corrected chi connectivity index (χ3v) is 4.83. The molecule has 6 heteroatoms. The monoisotopic (exact) mass is 324 g/mol. The van der Waals surface area contributed by atoms with Crippen LogP contribution in [0.15, 0.2) is 28.8 Å². The molecule has 1 aliphatic heterocycles. The fourth-order valence-corrected chi connectivity index (χ4v) is 3.14. The van der Waals surface area contributed by atoms with Crippen molar-refractivity contribution in [1.29, 1.82) is 0 Å². The number of nitrogens with two attached hydrogens (primary N) is 1. The van der Waals surface area contributed by atoms with Crippen molar-refractivity contribution in [2.45, 2.75) is 37.6 Å². The normalized spacial score (nSPS) is 19.9. The number of hydrogen-bond acceptors (Lipinski definition) is 5. The fraction of sp³-hybridized carbons (Fsp3) is 0.389. The quantitative estimate of drug-likeness (QED) is 0.934. The number of aromatic nitrogens is 2. The summed E-state index contributed by atoms with van der Waals surface area (Å²) in [5, 5.41) is 3.99. The molecule has 1 aromatic carbocycles. The Morgan fingerprint density at radius 3 is 2.58 bits per heavy atom. The summed E-state index contributed by atoms with van der Waals surface area (Å²) in [5.74, 6) is 1.25. The van der Waals surface area contributed by atoms with Crippen molar-refractivity contribution < 1.29 is 9.32 Å². The lowest BCUT2D eigenvalue weighted by atomic mass is 9.77. The van der Waals surface area contributed by atoms with Crippen molar-refractivity contribution in [1.82, 2.24) is 10.1 Å². The lowest BCUT2D eigenvalue weighted by Crippen LogP contribution is -2.44. The van der Waals surface area contributed by atoms with Gasteiger partial charge in [-0.05, 0) is 49.5 Å². The maximum atomic E-state index is 11.8. The van der Waals surface area contributed by atoms with E-state index in [-0.39, 0.29) is 5.91 Å². The van der Waals surface area contributed by atoms with Gasteiger partial charge in [-0.3, -0.25) is 4.79 Å². The van der Waals surface area contributed by atoms with Crippen LogP contribution in [0.5, 0.6) is 0 Å². The van der Waals surface area contributed by atoms with Gasteiger partial charge in [0.05, 0.1) is 5.54 Å². The number of nitrogens with zero attached hydrogens (tertiary/aromatic N) is 3. The molecule has 0 atom stereocenters. The summed E-state index contributed by atoms with van der Waals surface area (Å²) in [7, 11) is 0. The van der Waals surface area contributed by atoms with Crippen LogP contribution in [-0.2, 0) is 10.3 Å². The third-order valence-electron chi connectivity index (χ3n) is 4.83. The second-order valence-corrected chi connectivity index (χ2v) is 6.54. The SMILES string of the molecule is NC1(c2noc(/C=C/c3ccc(N4CCCC4=O)cc3)n2)CCC1. The minimum absolute atomic E-state index is 0.198. The van der Waals surface area contributed by atoms with Crippen LogP contribution in [0.3, 0.4) is 0 Å². The first-order valence-electron chi connectivity index (χ1n) is 8.36. The van der Waals surface area contributed by atoms with Crippen molar-refractivity contribution in [3.05, 3.63) is 41.5 Å². The molecule has 2 heterocycles. The Kier molecular flexibility index (Phi) is 3.69. The second-order valence-electron chi connectivity index (χ2n) is 6.54. The molecule has 2 aromatic rings. The van der Waals surface area contributed by atoms with Gasteiger partial charge < -0.3 is 15.2 Å². The minimum atomic E-state index is -0.403. The van der Waals surface area contributed by atoms with E-state index < -0.39 is 5.54 Å². The molecule has 0 radical (unpaired) electrons. The standard InChI is InChI=1S/C18H20N4O2/c19-18(10-2-11-18)17-20-15(24-21-17)9-6-13-4-7-14(8-5-13)22-12-1-3-16(22)23/h4-9H,1-3,10-12,19H2/b9-6+. The van der Waals surface area contributed by atoms with Gasteiger partial charge in [-0.25, -0.2) is 0 Å². The fourth-order valence-electron chi connectivity index (χ4n) is 3.14. The van der Waals surface area contributed by atoms with Gasteiger partial charge in [-0.15, -0.1) is 0 Å². The van der Waals surface area contributed by atoms with Gasteiger partial charge in [0, 0.05) is 24.7 Å². The molecule has 2 aliphatic rings. The summed E-state index contributed by atoms with van der Waals surface area (Å²) in [5.41, 5.74) is 7.75. The zero-order chi connectivity index (χ0) is 16.6. The van der Waals surface area contributed by atoms with Crippen LogP contribution < -0.4 is 10.6 Å². The van der Waals surface area contributed by atoms with Crippen molar-refractivity contribution in [3.63, 3.8) is 0 Å². The third kappa shape index (κ3) is 2.73. The van der Waals surface area contributed by atoms with E-state index in [4.69, 9.17) is 10.3 Å². The van der Waals surface area contributed by atoms with Crippen LogP contribution in [-0.4, -0.2) is 22.6 Å². The molecule has 124 valence electrons. The molecule has 2 fully saturated rings. The number of anilines is 1. The number of carbonyl (C=O) groups excluding carboxylic acids is 1. The summed E-state index contributed by atoms with van der Waals surface area (Å²) >= 11 is 0. The summed E-state index contributed by atoms with van der Waals surface area (Å²) in [6.07, 6.45) is 8.21. The van der Waals surface area contributed by atoms with Crippen molar-refractivity contribution in [3.8, 4) is 0 Å². The molecule has 0 spiro atoms.